The lowest BCUT2D eigenvalue weighted by Crippen LogP contribution is -2.42. The van der Waals surface area contributed by atoms with Crippen LogP contribution in [-0.2, 0) is 11.2 Å². The molecule has 1 atom stereocenters. The molecular weight excluding hydrogens is 264 g/mol. The van der Waals surface area contributed by atoms with E-state index in [9.17, 15) is 5.11 Å². The molecule has 4 heteroatoms. The van der Waals surface area contributed by atoms with E-state index in [4.69, 9.17) is 21.1 Å². The van der Waals surface area contributed by atoms with Crippen LogP contribution in [0.5, 0.6) is 5.75 Å². The summed E-state index contributed by atoms with van der Waals surface area (Å²) in [5.74, 6) is 0.767. The Morgan fingerprint density at radius 1 is 1.37 bits per heavy atom. The van der Waals surface area contributed by atoms with Crippen molar-refractivity contribution in [3.8, 4) is 5.75 Å². The zero-order valence-electron chi connectivity index (χ0n) is 11.5. The Hall–Kier alpha value is -0.770. The van der Waals surface area contributed by atoms with E-state index in [1.807, 2.05) is 12.1 Å². The lowest BCUT2D eigenvalue weighted by atomic mass is 9.75. The first-order valence-electron chi connectivity index (χ1n) is 6.64. The van der Waals surface area contributed by atoms with Gasteiger partial charge in [-0.3, -0.25) is 0 Å². The number of ether oxygens (including phenoxy) is 2. The molecule has 106 valence electrons. The quantitative estimate of drug-likeness (QED) is 0.872. The predicted molar refractivity (Wildman–Crippen MR) is 75.9 cm³/mol. The van der Waals surface area contributed by atoms with Crippen LogP contribution in [0.4, 0.5) is 0 Å². The van der Waals surface area contributed by atoms with Crippen molar-refractivity contribution in [2.45, 2.75) is 43.8 Å². The van der Waals surface area contributed by atoms with Crippen LogP contribution in [0.25, 0.3) is 0 Å². The van der Waals surface area contributed by atoms with Gasteiger partial charge in [-0.2, -0.15) is 0 Å². The number of hydrogen-bond acceptors (Lipinski definition) is 3. The number of methoxy groups -OCH3 is 2. The van der Waals surface area contributed by atoms with Crippen LogP contribution in [0.3, 0.4) is 0 Å². The van der Waals surface area contributed by atoms with Crippen LogP contribution >= 0.6 is 11.6 Å². The van der Waals surface area contributed by atoms with Crippen molar-refractivity contribution in [2.75, 3.05) is 14.2 Å². The third-order valence-corrected chi connectivity index (χ3v) is 4.24. The van der Waals surface area contributed by atoms with E-state index in [0.29, 0.717) is 17.9 Å². The van der Waals surface area contributed by atoms with Crippen LogP contribution in [-0.4, -0.2) is 31.0 Å². The minimum atomic E-state index is -0.437. The zero-order valence-corrected chi connectivity index (χ0v) is 12.2. The molecule has 0 spiro atoms. The first kappa shape index (κ1) is 14.6. The van der Waals surface area contributed by atoms with Gasteiger partial charge in [0.05, 0.1) is 18.8 Å². The highest BCUT2D eigenvalue weighted by Crippen LogP contribution is 2.39. The van der Waals surface area contributed by atoms with Gasteiger partial charge in [0, 0.05) is 25.0 Å². The van der Waals surface area contributed by atoms with Gasteiger partial charge in [-0.05, 0) is 43.0 Å². The fraction of sp³-hybridized carbons (Fsp3) is 0.600. The molecule has 1 aromatic carbocycles. The summed E-state index contributed by atoms with van der Waals surface area (Å²) in [6.07, 6.45) is 4.02. The Bertz CT molecular complexity index is 424. The van der Waals surface area contributed by atoms with Crippen LogP contribution in [0, 0.1) is 0 Å². The summed E-state index contributed by atoms with van der Waals surface area (Å²) < 4.78 is 10.8. The van der Waals surface area contributed by atoms with E-state index in [0.717, 1.165) is 24.2 Å². The second-order valence-electron chi connectivity index (χ2n) is 5.26. The second kappa shape index (κ2) is 6.12. The maximum absolute atomic E-state index is 10.3. The van der Waals surface area contributed by atoms with Crippen molar-refractivity contribution in [1.29, 1.82) is 0 Å². The Morgan fingerprint density at radius 2 is 2.11 bits per heavy atom. The summed E-state index contributed by atoms with van der Waals surface area (Å²) in [5, 5.41) is 10.9. The van der Waals surface area contributed by atoms with Crippen LogP contribution in [0.15, 0.2) is 18.2 Å². The third-order valence-electron chi connectivity index (χ3n) is 4.00. The lowest BCUT2D eigenvalue weighted by Gasteiger charge is -2.41. The van der Waals surface area contributed by atoms with E-state index in [1.54, 1.807) is 20.3 Å². The molecule has 1 aliphatic rings. The molecule has 0 saturated heterocycles. The summed E-state index contributed by atoms with van der Waals surface area (Å²) in [5.41, 5.74) is 0.818. The molecule has 1 aromatic rings. The average molecular weight is 285 g/mol. The Balaban J connectivity index is 2.02. The maximum Gasteiger partial charge on any atom is 0.122 e. The Morgan fingerprint density at radius 3 is 2.63 bits per heavy atom. The van der Waals surface area contributed by atoms with Gasteiger partial charge in [-0.1, -0.05) is 11.6 Å². The number of rotatable bonds is 6. The largest absolute Gasteiger partial charge is 0.496 e. The smallest absolute Gasteiger partial charge is 0.122 e. The highest BCUT2D eigenvalue weighted by atomic mass is 35.5. The molecule has 0 radical (unpaired) electrons. The van der Waals surface area contributed by atoms with Gasteiger partial charge in [0.15, 0.2) is 0 Å². The van der Waals surface area contributed by atoms with E-state index < -0.39 is 6.10 Å². The fourth-order valence-electron chi connectivity index (χ4n) is 2.72. The number of hydrogen-bond donors (Lipinski definition) is 1. The van der Waals surface area contributed by atoms with E-state index in [-0.39, 0.29) is 5.60 Å². The monoisotopic (exact) mass is 284 g/mol. The summed E-state index contributed by atoms with van der Waals surface area (Å²) in [4.78, 5) is 0. The van der Waals surface area contributed by atoms with Crippen molar-refractivity contribution in [2.24, 2.45) is 0 Å². The molecule has 19 heavy (non-hydrogen) atoms. The van der Waals surface area contributed by atoms with Crippen LogP contribution in [0.1, 0.15) is 31.2 Å². The zero-order chi connectivity index (χ0) is 13.9. The summed E-state index contributed by atoms with van der Waals surface area (Å²) >= 11 is 5.99. The SMILES string of the molecule is COc1ccc(Cl)cc1CC(O)CC1(OC)CCC1. The number of halogens is 1. The van der Waals surface area contributed by atoms with E-state index in [1.165, 1.54) is 6.42 Å². The summed E-state index contributed by atoms with van der Waals surface area (Å²) in [6.45, 7) is 0. The third kappa shape index (κ3) is 3.41. The number of benzene rings is 1. The highest BCUT2D eigenvalue weighted by Gasteiger charge is 2.38. The topological polar surface area (TPSA) is 38.7 Å². The average Bonchev–Trinajstić information content (AvgIpc) is 2.34. The molecule has 0 amide bonds. The molecule has 1 unspecified atom stereocenters. The minimum absolute atomic E-state index is 0.120. The minimum Gasteiger partial charge on any atom is -0.496 e. The normalized spacial score (nSPS) is 18.7. The van der Waals surface area contributed by atoms with E-state index in [2.05, 4.69) is 0 Å². The molecular formula is C15H21ClO3. The number of aliphatic hydroxyl groups is 1. The first-order chi connectivity index (χ1) is 9.08. The standard InChI is InChI=1S/C15H21ClO3/c1-18-14-5-4-12(16)8-11(14)9-13(17)10-15(19-2)6-3-7-15/h4-5,8,13,17H,3,6-7,9-10H2,1-2H3. The van der Waals surface area contributed by atoms with Crippen molar-refractivity contribution in [3.63, 3.8) is 0 Å². The summed E-state index contributed by atoms with van der Waals surface area (Å²) in [7, 11) is 3.35. The van der Waals surface area contributed by atoms with Gasteiger partial charge in [0.25, 0.3) is 0 Å². The molecule has 0 aromatic heterocycles. The van der Waals surface area contributed by atoms with Gasteiger partial charge in [-0.25, -0.2) is 0 Å². The van der Waals surface area contributed by atoms with E-state index >= 15 is 0 Å². The highest BCUT2D eigenvalue weighted by molar-refractivity contribution is 6.30. The molecule has 1 fully saturated rings. The molecule has 0 bridgehead atoms. The Labute approximate surface area is 119 Å². The summed E-state index contributed by atoms with van der Waals surface area (Å²) in [6, 6.07) is 5.47. The van der Waals surface area contributed by atoms with Crippen LogP contribution in [0.2, 0.25) is 5.02 Å². The lowest BCUT2D eigenvalue weighted by molar-refractivity contribution is -0.0989. The molecule has 1 aliphatic carbocycles. The van der Waals surface area contributed by atoms with Crippen molar-refractivity contribution >= 4 is 11.6 Å². The Kier molecular flexibility index (Phi) is 4.71. The molecule has 3 nitrogen and oxygen atoms in total. The van der Waals surface area contributed by atoms with Gasteiger partial charge in [0.1, 0.15) is 5.75 Å². The van der Waals surface area contributed by atoms with Crippen molar-refractivity contribution in [1.82, 2.24) is 0 Å². The van der Waals surface area contributed by atoms with Gasteiger partial charge in [0.2, 0.25) is 0 Å². The molecule has 0 aliphatic heterocycles. The predicted octanol–water partition coefficient (Wildman–Crippen LogP) is 3.21. The van der Waals surface area contributed by atoms with Gasteiger partial charge >= 0.3 is 0 Å². The van der Waals surface area contributed by atoms with Gasteiger partial charge < -0.3 is 14.6 Å². The van der Waals surface area contributed by atoms with Crippen molar-refractivity contribution < 1.29 is 14.6 Å². The maximum atomic E-state index is 10.3. The fourth-order valence-corrected chi connectivity index (χ4v) is 2.92. The molecule has 1 N–H and O–H groups in total. The second-order valence-corrected chi connectivity index (χ2v) is 5.70. The molecule has 0 heterocycles. The molecule has 2 rings (SSSR count). The first-order valence-corrected chi connectivity index (χ1v) is 7.02. The van der Waals surface area contributed by atoms with Crippen molar-refractivity contribution in [3.05, 3.63) is 28.8 Å². The van der Waals surface area contributed by atoms with Crippen LogP contribution < -0.4 is 4.74 Å². The molecule has 1 saturated carbocycles. The number of aliphatic hydroxyl groups excluding tert-OH is 1. The van der Waals surface area contributed by atoms with Gasteiger partial charge in [-0.15, -0.1) is 0 Å².